The predicted octanol–water partition coefficient (Wildman–Crippen LogP) is 4.82. The number of ether oxygens (including phenoxy) is 1. The first kappa shape index (κ1) is 14.5. The highest BCUT2D eigenvalue weighted by atomic mass is 32.1. The maximum absolute atomic E-state index is 12.1. The van der Waals surface area contributed by atoms with E-state index in [-0.39, 0.29) is 12.3 Å². The Bertz CT molecular complexity index is 814. The Kier molecular flexibility index (Phi) is 4.02. The molecule has 0 N–H and O–H groups in total. The molecule has 2 aromatic carbocycles. The van der Waals surface area contributed by atoms with E-state index in [0.29, 0.717) is 5.75 Å². The molecule has 0 saturated heterocycles. The first-order valence-electron chi connectivity index (χ1n) is 6.64. The van der Waals surface area contributed by atoms with Crippen molar-refractivity contribution in [3.8, 4) is 16.2 Å². The van der Waals surface area contributed by atoms with Crippen molar-refractivity contribution in [2.45, 2.75) is 0 Å². The van der Waals surface area contributed by atoms with Gasteiger partial charge in [0, 0.05) is 21.7 Å². The summed E-state index contributed by atoms with van der Waals surface area (Å²) in [6.45, 7) is -0.470. The van der Waals surface area contributed by atoms with E-state index < -0.39 is 11.6 Å². The summed E-state index contributed by atoms with van der Waals surface area (Å²) in [5, 5.41) is 11.7. The number of thiophene rings is 1. The summed E-state index contributed by atoms with van der Waals surface area (Å²) in [6.07, 6.45) is 0. The minimum absolute atomic E-state index is 0.0477. The fraction of sp³-hybridized carbons (Fsp3) is 0.125. The van der Waals surface area contributed by atoms with Crippen molar-refractivity contribution in [1.82, 2.24) is 0 Å². The molecule has 1 heterocycles. The van der Waals surface area contributed by atoms with Gasteiger partial charge < -0.3 is 4.74 Å². The molecule has 0 aliphatic carbocycles. The molecule has 0 amide bonds. The minimum Gasteiger partial charge on any atom is -0.491 e. The number of nitro groups is 1. The van der Waals surface area contributed by atoms with Gasteiger partial charge in [-0.2, -0.15) is 0 Å². The van der Waals surface area contributed by atoms with E-state index in [4.69, 9.17) is 4.74 Å². The molecule has 112 valence electrons. The number of nitrogens with zero attached hydrogens (tertiary/aromatic N) is 1. The van der Waals surface area contributed by atoms with E-state index in [1.807, 2.05) is 24.3 Å². The van der Waals surface area contributed by atoms with Crippen molar-refractivity contribution in [2.75, 3.05) is 13.3 Å². The smallest absolute Gasteiger partial charge is 0.269 e. The van der Waals surface area contributed by atoms with Crippen molar-refractivity contribution in [1.29, 1.82) is 0 Å². The summed E-state index contributed by atoms with van der Waals surface area (Å²) >= 11 is 1.57. The van der Waals surface area contributed by atoms with Gasteiger partial charge in [-0.25, -0.2) is 4.39 Å². The quantitative estimate of drug-likeness (QED) is 0.500. The van der Waals surface area contributed by atoms with Crippen molar-refractivity contribution in [2.24, 2.45) is 0 Å². The number of benzene rings is 2. The van der Waals surface area contributed by atoms with Gasteiger partial charge >= 0.3 is 0 Å². The van der Waals surface area contributed by atoms with Crippen molar-refractivity contribution < 1.29 is 14.1 Å². The number of rotatable bonds is 5. The normalized spacial score (nSPS) is 10.8. The molecule has 0 atom stereocenters. The van der Waals surface area contributed by atoms with Crippen LogP contribution in [0.2, 0.25) is 0 Å². The Morgan fingerprint density at radius 1 is 1.14 bits per heavy atom. The molecule has 0 fully saturated rings. The van der Waals surface area contributed by atoms with Crippen LogP contribution in [0, 0.1) is 10.1 Å². The van der Waals surface area contributed by atoms with E-state index >= 15 is 0 Å². The molecule has 1 aromatic heterocycles. The molecule has 0 unspecified atom stereocenters. The molecule has 22 heavy (non-hydrogen) atoms. The Morgan fingerprint density at radius 3 is 2.59 bits per heavy atom. The largest absolute Gasteiger partial charge is 0.491 e. The monoisotopic (exact) mass is 317 g/mol. The highest BCUT2D eigenvalue weighted by molar-refractivity contribution is 7.22. The molecular formula is C16H12FNO3S. The van der Waals surface area contributed by atoms with Crippen LogP contribution in [0.3, 0.4) is 0 Å². The zero-order chi connectivity index (χ0) is 15.5. The first-order valence-corrected chi connectivity index (χ1v) is 7.46. The topological polar surface area (TPSA) is 52.4 Å². The standard InChI is InChI=1S/C16H12FNO3S/c17-7-8-21-14-6-3-12-9-15(22-16(12)10-14)11-1-4-13(5-2-11)18(19)20/h1-6,9-10H,7-8H2. The van der Waals surface area contributed by atoms with Gasteiger partial charge in [-0.1, -0.05) is 0 Å². The third kappa shape index (κ3) is 2.92. The SMILES string of the molecule is O=[N+]([O-])c1ccc(-c2cc3ccc(OCCF)cc3s2)cc1. The van der Waals surface area contributed by atoms with Crippen LogP contribution in [-0.4, -0.2) is 18.2 Å². The van der Waals surface area contributed by atoms with Gasteiger partial charge in [-0.05, 0) is 47.3 Å². The fourth-order valence-electron chi connectivity index (χ4n) is 2.15. The lowest BCUT2D eigenvalue weighted by atomic mass is 10.1. The second kappa shape index (κ2) is 6.11. The van der Waals surface area contributed by atoms with Crippen LogP contribution in [0.5, 0.6) is 5.75 Å². The molecule has 4 nitrogen and oxygen atoms in total. The molecule has 0 radical (unpaired) electrons. The van der Waals surface area contributed by atoms with Crippen LogP contribution in [0.15, 0.2) is 48.5 Å². The Morgan fingerprint density at radius 2 is 1.91 bits per heavy atom. The molecule has 0 spiro atoms. The molecule has 0 saturated carbocycles. The van der Waals surface area contributed by atoms with Gasteiger partial charge in [0.15, 0.2) is 0 Å². The number of fused-ring (bicyclic) bond motifs is 1. The summed E-state index contributed by atoms with van der Waals surface area (Å²) < 4.78 is 18.4. The maximum Gasteiger partial charge on any atom is 0.269 e. The minimum atomic E-state index is -0.517. The number of hydrogen-bond acceptors (Lipinski definition) is 4. The molecule has 6 heteroatoms. The van der Waals surface area contributed by atoms with E-state index in [0.717, 1.165) is 20.5 Å². The summed E-state index contributed by atoms with van der Waals surface area (Å²) in [7, 11) is 0. The highest BCUT2D eigenvalue weighted by Crippen LogP contribution is 2.35. The summed E-state index contributed by atoms with van der Waals surface area (Å²) in [5.74, 6) is 0.641. The highest BCUT2D eigenvalue weighted by Gasteiger charge is 2.08. The summed E-state index contributed by atoms with van der Waals surface area (Å²) in [6, 6.07) is 14.1. The van der Waals surface area contributed by atoms with Gasteiger partial charge in [-0.3, -0.25) is 10.1 Å². The van der Waals surface area contributed by atoms with Gasteiger partial charge in [0.05, 0.1) is 4.92 Å². The molecule has 0 aliphatic heterocycles. The van der Waals surface area contributed by atoms with E-state index in [1.54, 1.807) is 23.5 Å². The van der Waals surface area contributed by atoms with Gasteiger partial charge in [0.25, 0.3) is 5.69 Å². The van der Waals surface area contributed by atoms with Crippen LogP contribution in [-0.2, 0) is 0 Å². The van der Waals surface area contributed by atoms with Crippen molar-refractivity contribution in [3.05, 3.63) is 58.6 Å². The van der Waals surface area contributed by atoms with Gasteiger partial charge in [0.1, 0.15) is 19.0 Å². The molecule has 3 rings (SSSR count). The zero-order valence-electron chi connectivity index (χ0n) is 11.5. The van der Waals surface area contributed by atoms with Crippen LogP contribution in [0.1, 0.15) is 0 Å². The maximum atomic E-state index is 12.1. The van der Waals surface area contributed by atoms with Crippen LogP contribution in [0.4, 0.5) is 10.1 Å². The number of non-ortho nitro benzene ring substituents is 1. The Hall–Kier alpha value is -2.47. The first-order chi connectivity index (χ1) is 10.7. The van der Waals surface area contributed by atoms with Crippen LogP contribution < -0.4 is 4.74 Å². The van der Waals surface area contributed by atoms with Crippen molar-refractivity contribution >= 4 is 27.1 Å². The second-order valence-corrected chi connectivity index (χ2v) is 5.74. The molecule has 0 aliphatic rings. The molecule has 0 bridgehead atoms. The third-order valence-corrected chi connectivity index (χ3v) is 4.35. The van der Waals surface area contributed by atoms with Gasteiger partial charge in [-0.15, -0.1) is 11.3 Å². The van der Waals surface area contributed by atoms with E-state index in [2.05, 4.69) is 0 Å². The molecular weight excluding hydrogens is 305 g/mol. The molecule has 3 aromatic rings. The fourth-order valence-corrected chi connectivity index (χ4v) is 3.24. The number of hydrogen-bond donors (Lipinski definition) is 0. The second-order valence-electron chi connectivity index (χ2n) is 4.65. The van der Waals surface area contributed by atoms with E-state index in [1.165, 1.54) is 12.1 Å². The lowest BCUT2D eigenvalue weighted by molar-refractivity contribution is -0.384. The number of halogens is 1. The van der Waals surface area contributed by atoms with E-state index in [9.17, 15) is 14.5 Å². The predicted molar refractivity (Wildman–Crippen MR) is 85.4 cm³/mol. The summed E-state index contributed by atoms with van der Waals surface area (Å²) in [5.41, 5.74) is 1.00. The number of nitro benzene ring substituents is 1. The average molecular weight is 317 g/mol. The number of alkyl halides is 1. The van der Waals surface area contributed by atoms with Crippen LogP contribution >= 0.6 is 11.3 Å². The Balaban J connectivity index is 1.92. The lowest BCUT2D eigenvalue weighted by Gasteiger charge is -2.02. The van der Waals surface area contributed by atoms with Crippen molar-refractivity contribution in [3.63, 3.8) is 0 Å². The Labute approximate surface area is 129 Å². The third-order valence-electron chi connectivity index (χ3n) is 3.20. The summed E-state index contributed by atoms with van der Waals surface area (Å²) in [4.78, 5) is 11.3. The lowest BCUT2D eigenvalue weighted by Crippen LogP contribution is -1.97. The zero-order valence-corrected chi connectivity index (χ0v) is 12.3. The van der Waals surface area contributed by atoms with Gasteiger partial charge in [0.2, 0.25) is 0 Å². The average Bonchev–Trinajstić information content (AvgIpc) is 2.96. The van der Waals surface area contributed by atoms with Crippen LogP contribution in [0.25, 0.3) is 20.5 Å².